The minimum atomic E-state index is -3.49. The van der Waals surface area contributed by atoms with Crippen molar-refractivity contribution in [1.29, 1.82) is 0 Å². The highest BCUT2D eigenvalue weighted by Crippen LogP contribution is 2.49. The first-order chi connectivity index (χ1) is 5.18. The molecular weight excluding hydrogens is 235 g/mol. The van der Waals surface area contributed by atoms with Gasteiger partial charge < -0.3 is 6.15 Å². The molecule has 0 aliphatic rings. The fourth-order valence-electron chi connectivity index (χ4n) is 0.227. The van der Waals surface area contributed by atoms with Crippen LogP contribution in [-0.4, -0.2) is 15.5 Å². The maximum atomic E-state index is 11.1. The van der Waals surface area contributed by atoms with Crippen molar-refractivity contribution in [1.82, 2.24) is 6.15 Å². The van der Waals surface area contributed by atoms with E-state index in [1.807, 2.05) is 15.5 Å². The third-order valence-corrected chi connectivity index (χ3v) is 2.27. The van der Waals surface area contributed by atoms with Gasteiger partial charge in [-0.25, -0.2) is 4.57 Å². The van der Waals surface area contributed by atoms with Crippen LogP contribution in [0, 0.1) is 0 Å². The summed E-state index contributed by atoms with van der Waals surface area (Å²) < 4.78 is 20.6. The highest BCUT2D eigenvalue weighted by molar-refractivity contribution is 7.80. The lowest BCUT2D eigenvalue weighted by atomic mass is 11.7. The summed E-state index contributed by atoms with van der Waals surface area (Å²) >= 11 is 12.6. The van der Waals surface area contributed by atoms with E-state index in [0.717, 1.165) is 0 Å². The van der Waals surface area contributed by atoms with Crippen LogP contribution in [0.2, 0.25) is 0 Å². The zero-order chi connectivity index (χ0) is 8.74. The fourth-order valence-corrected chi connectivity index (χ4v) is 1.64. The topological polar surface area (TPSA) is 89.2 Å². The van der Waals surface area contributed by atoms with Crippen LogP contribution in [0.25, 0.3) is 0 Å². The lowest BCUT2D eigenvalue weighted by Gasteiger charge is -1.90. The van der Waals surface area contributed by atoms with Gasteiger partial charge in [-0.1, -0.05) is 0 Å². The maximum Gasteiger partial charge on any atom is 0.441 e. The molecule has 0 saturated carbocycles. The van der Waals surface area contributed by atoms with Crippen LogP contribution < -0.4 is 6.15 Å². The Bertz CT molecular complexity index is 283. The van der Waals surface area contributed by atoms with Crippen LogP contribution in [0.3, 0.4) is 0 Å². The molecule has 0 saturated heterocycles. The van der Waals surface area contributed by atoms with Crippen molar-refractivity contribution in [3.05, 3.63) is 0 Å². The average Bonchev–Trinajstić information content (AvgIpc) is 1.88. The van der Waals surface area contributed by atoms with Gasteiger partial charge in [0.1, 0.15) is 0 Å². The molecule has 9 heteroatoms. The molecule has 0 radical (unpaired) electrons. The summed E-state index contributed by atoms with van der Waals surface area (Å²) in [6.45, 7) is 0. The molecule has 0 aromatic rings. The van der Waals surface area contributed by atoms with Gasteiger partial charge in [-0.3, -0.25) is 0 Å². The van der Waals surface area contributed by atoms with Crippen LogP contribution in [0.1, 0.15) is 0 Å². The van der Waals surface area contributed by atoms with Gasteiger partial charge in [-0.2, -0.15) is 0 Å². The van der Waals surface area contributed by atoms with Crippen LogP contribution in [0.15, 0.2) is 14.3 Å². The summed E-state index contributed by atoms with van der Waals surface area (Å²) in [5.74, 6) is 0. The molecule has 0 heterocycles. The third-order valence-electron chi connectivity index (χ3n) is 0.513. The van der Waals surface area contributed by atoms with Gasteiger partial charge in [-0.15, -0.1) is 14.3 Å². The minimum Gasteiger partial charge on any atom is -0.344 e. The fraction of sp³-hybridized carbons (Fsp3) is 0. The molecule has 0 spiro atoms. The normalized spacial score (nSPS) is 11.7. The van der Waals surface area contributed by atoms with Gasteiger partial charge in [0, 0.05) is 0 Å². The van der Waals surface area contributed by atoms with Crippen LogP contribution in [0.4, 0.5) is 0 Å². The van der Waals surface area contributed by atoms with Crippen molar-refractivity contribution >= 4 is 59.7 Å². The van der Waals surface area contributed by atoms with Gasteiger partial charge in [0.2, 0.25) is 0 Å². The number of isothiocyanates is 3. The van der Waals surface area contributed by atoms with Gasteiger partial charge >= 0.3 is 7.59 Å². The number of hydrogen-bond donors (Lipinski definition) is 1. The Hall–Kier alpha value is -0.410. The SMILES string of the molecule is N.O=P(N=C=S)(N=C=S)N=C=S. The third kappa shape index (κ3) is 5.27. The quantitative estimate of drug-likeness (QED) is 0.463. The van der Waals surface area contributed by atoms with Crippen LogP contribution in [0.5, 0.6) is 0 Å². The molecular formula is C3H3N4OPS3. The van der Waals surface area contributed by atoms with E-state index in [4.69, 9.17) is 0 Å². The minimum absolute atomic E-state index is 0. The number of rotatable bonds is 3. The Balaban J connectivity index is 0. The van der Waals surface area contributed by atoms with E-state index in [0.29, 0.717) is 0 Å². The Morgan fingerprint density at radius 1 is 0.917 bits per heavy atom. The van der Waals surface area contributed by atoms with E-state index in [9.17, 15) is 4.57 Å². The average molecular weight is 238 g/mol. The first-order valence-corrected chi connectivity index (χ1v) is 4.86. The summed E-state index contributed by atoms with van der Waals surface area (Å²) in [4.78, 5) is 0. The molecule has 0 aliphatic carbocycles. The predicted octanol–water partition coefficient (Wildman–Crippen LogP) is 2.56. The summed E-state index contributed by atoms with van der Waals surface area (Å²) in [6, 6.07) is 0. The van der Waals surface area contributed by atoms with E-state index in [-0.39, 0.29) is 6.15 Å². The second kappa shape index (κ2) is 7.25. The molecule has 0 rings (SSSR count). The molecule has 5 nitrogen and oxygen atoms in total. The smallest absolute Gasteiger partial charge is 0.344 e. The van der Waals surface area contributed by atoms with E-state index >= 15 is 0 Å². The predicted molar refractivity (Wildman–Crippen MR) is 57.7 cm³/mol. The van der Waals surface area contributed by atoms with Gasteiger partial charge in [0.15, 0.2) is 0 Å². The monoisotopic (exact) mass is 238 g/mol. The van der Waals surface area contributed by atoms with Crippen molar-refractivity contribution in [2.75, 3.05) is 0 Å². The van der Waals surface area contributed by atoms with Gasteiger partial charge in [-0.05, 0) is 36.7 Å². The van der Waals surface area contributed by atoms with E-state index < -0.39 is 7.59 Å². The molecule has 3 N–H and O–H groups in total. The molecule has 0 atom stereocenters. The first-order valence-electron chi connectivity index (χ1n) is 2.07. The Labute approximate surface area is 84.8 Å². The second-order valence-electron chi connectivity index (χ2n) is 1.09. The number of thiocarbonyl (C=S) groups is 3. The zero-order valence-electron chi connectivity index (χ0n) is 5.63. The maximum absolute atomic E-state index is 11.1. The summed E-state index contributed by atoms with van der Waals surface area (Å²) in [5.41, 5.74) is 0. The molecule has 64 valence electrons. The Kier molecular flexibility index (Phi) is 8.54. The van der Waals surface area contributed by atoms with Crippen LogP contribution >= 0.6 is 44.2 Å². The van der Waals surface area contributed by atoms with E-state index in [2.05, 4.69) is 50.9 Å². The number of nitrogens with zero attached hydrogens (tertiary/aromatic N) is 3. The van der Waals surface area contributed by atoms with Crippen molar-refractivity contribution < 1.29 is 4.57 Å². The van der Waals surface area contributed by atoms with Gasteiger partial charge in [0.25, 0.3) is 0 Å². The van der Waals surface area contributed by atoms with Crippen LogP contribution in [-0.2, 0) is 4.57 Å². The molecule has 0 bridgehead atoms. The largest absolute Gasteiger partial charge is 0.441 e. The lowest BCUT2D eigenvalue weighted by Crippen LogP contribution is -1.64. The standard InChI is InChI=1S/C3N3OPS3.H3N/c7-8(4-1-9,5-2-10)6-3-11;/h;1H3. The zero-order valence-corrected chi connectivity index (χ0v) is 8.97. The highest BCUT2D eigenvalue weighted by atomic mass is 32.1. The van der Waals surface area contributed by atoms with Crippen molar-refractivity contribution in [2.24, 2.45) is 14.3 Å². The van der Waals surface area contributed by atoms with Crippen molar-refractivity contribution in [3.63, 3.8) is 0 Å². The molecule has 0 fully saturated rings. The van der Waals surface area contributed by atoms with E-state index in [1.165, 1.54) is 0 Å². The van der Waals surface area contributed by atoms with Gasteiger partial charge in [0.05, 0.1) is 15.5 Å². The Morgan fingerprint density at radius 2 is 1.17 bits per heavy atom. The molecule has 0 aliphatic heterocycles. The summed E-state index contributed by atoms with van der Waals surface area (Å²) in [5, 5.41) is 5.59. The van der Waals surface area contributed by atoms with E-state index in [1.54, 1.807) is 0 Å². The molecule has 0 aromatic heterocycles. The molecule has 0 aromatic carbocycles. The van der Waals surface area contributed by atoms with Crippen molar-refractivity contribution in [3.8, 4) is 0 Å². The molecule has 12 heavy (non-hydrogen) atoms. The summed E-state index contributed by atoms with van der Waals surface area (Å²) in [6.07, 6.45) is 0. The highest BCUT2D eigenvalue weighted by Gasteiger charge is 2.15. The summed E-state index contributed by atoms with van der Waals surface area (Å²) in [7, 11) is -3.49. The molecule has 0 amide bonds. The molecule has 0 unspecified atom stereocenters. The lowest BCUT2D eigenvalue weighted by molar-refractivity contribution is 0.579. The van der Waals surface area contributed by atoms with Crippen molar-refractivity contribution in [2.45, 2.75) is 0 Å². The Morgan fingerprint density at radius 3 is 1.33 bits per heavy atom. The second-order valence-corrected chi connectivity index (χ2v) is 3.26. The first kappa shape index (κ1) is 14.1. The number of hydrogen-bond acceptors (Lipinski definition) is 5.